The Bertz CT molecular complexity index is 602. The maximum Gasteiger partial charge on any atom is 0.127 e. The van der Waals surface area contributed by atoms with Gasteiger partial charge in [0.05, 0.1) is 24.0 Å². The summed E-state index contributed by atoms with van der Waals surface area (Å²) < 4.78 is 6.23. The van der Waals surface area contributed by atoms with Gasteiger partial charge in [0.15, 0.2) is 0 Å². The molecule has 5 heteroatoms. The van der Waals surface area contributed by atoms with Gasteiger partial charge >= 0.3 is 0 Å². The molecule has 2 rings (SSSR count). The van der Waals surface area contributed by atoms with E-state index in [2.05, 4.69) is 26.5 Å². The Labute approximate surface area is 125 Å². The lowest BCUT2D eigenvalue weighted by Crippen LogP contribution is -1.94. The first kappa shape index (κ1) is 13.9. The Hall–Kier alpha value is -1.52. The van der Waals surface area contributed by atoms with Crippen LogP contribution < -0.4 is 10.2 Å². The smallest absolute Gasteiger partial charge is 0.127 e. The van der Waals surface area contributed by atoms with E-state index in [0.717, 1.165) is 21.5 Å². The normalized spacial score (nSPS) is 10.7. The molecule has 0 aliphatic heterocycles. The van der Waals surface area contributed by atoms with Gasteiger partial charge in [-0.2, -0.15) is 5.10 Å². The second-order valence-corrected chi connectivity index (χ2v) is 5.06. The van der Waals surface area contributed by atoms with Crippen molar-refractivity contribution >= 4 is 39.4 Å². The molecule has 0 heterocycles. The number of benzene rings is 2. The third kappa shape index (κ3) is 3.72. The predicted molar refractivity (Wildman–Crippen MR) is 83.4 cm³/mol. The highest BCUT2D eigenvalue weighted by molar-refractivity contribution is 9.10. The van der Waals surface area contributed by atoms with Gasteiger partial charge in [-0.3, -0.25) is 5.43 Å². The van der Waals surface area contributed by atoms with Gasteiger partial charge in [-0.05, 0) is 30.3 Å². The standard InChI is InChI=1S/C14H12BrClN2O/c1-19-14-7-6-11(15)8-10(14)9-17-18-13-5-3-2-4-12(13)16/h2-9,18H,1H3/b17-9-. The Balaban J connectivity index is 2.15. The maximum absolute atomic E-state index is 6.02. The molecule has 0 atom stereocenters. The van der Waals surface area contributed by atoms with Gasteiger partial charge in [-0.25, -0.2) is 0 Å². The van der Waals surface area contributed by atoms with E-state index in [9.17, 15) is 0 Å². The van der Waals surface area contributed by atoms with Gasteiger partial charge in [0, 0.05) is 10.0 Å². The van der Waals surface area contributed by atoms with Crippen LogP contribution in [-0.4, -0.2) is 13.3 Å². The monoisotopic (exact) mass is 338 g/mol. The zero-order valence-corrected chi connectivity index (χ0v) is 12.6. The van der Waals surface area contributed by atoms with E-state index >= 15 is 0 Å². The zero-order valence-electron chi connectivity index (χ0n) is 10.2. The van der Waals surface area contributed by atoms with Crippen LogP contribution in [0.4, 0.5) is 5.69 Å². The highest BCUT2D eigenvalue weighted by Crippen LogP contribution is 2.22. The number of nitrogens with one attached hydrogen (secondary N) is 1. The van der Waals surface area contributed by atoms with E-state index in [4.69, 9.17) is 16.3 Å². The topological polar surface area (TPSA) is 33.6 Å². The molecule has 0 radical (unpaired) electrons. The molecule has 0 saturated carbocycles. The number of hydrogen-bond donors (Lipinski definition) is 1. The number of ether oxygens (including phenoxy) is 1. The van der Waals surface area contributed by atoms with Crippen LogP contribution in [0.15, 0.2) is 52.0 Å². The molecule has 0 spiro atoms. The van der Waals surface area contributed by atoms with Crippen LogP contribution in [0.1, 0.15) is 5.56 Å². The van der Waals surface area contributed by atoms with Crippen LogP contribution in [0.25, 0.3) is 0 Å². The number of para-hydroxylation sites is 1. The summed E-state index contributed by atoms with van der Waals surface area (Å²) in [6.07, 6.45) is 1.69. The molecule has 19 heavy (non-hydrogen) atoms. The van der Waals surface area contributed by atoms with Gasteiger partial charge in [0.1, 0.15) is 5.75 Å². The Morgan fingerprint density at radius 1 is 1.26 bits per heavy atom. The molecule has 0 bridgehead atoms. The van der Waals surface area contributed by atoms with Crippen molar-refractivity contribution in [3.8, 4) is 5.75 Å². The fourth-order valence-corrected chi connectivity index (χ4v) is 2.09. The largest absolute Gasteiger partial charge is 0.496 e. The van der Waals surface area contributed by atoms with Crippen molar-refractivity contribution in [3.05, 3.63) is 57.5 Å². The Morgan fingerprint density at radius 3 is 2.79 bits per heavy atom. The molecule has 1 N–H and O–H groups in total. The van der Waals surface area contributed by atoms with Crippen LogP contribution in [0.3, 0.4) is 0 Å². The Kier molecular flexibility index (Phi) is 4.82. The lowest BCUT2D eigenvalue weighted by molar-refractivity contribution is 0.414. The number of halogens is 2. The molecule has 0 unspecified atom stereocenters. The zero-order chi connectivity index (χ0) is 13.7. The second kappa shape index (κ2) is 6.59. The molecule has 0 aromatic heterocycles. The highest BCUT2D eigenvalue weighted by atomic mass is 79.9. The van der Waals surface area contributed by atoms with Crippen LogP contribution in [0.2, 0.25) is 5.02 Å². The van der Waals surface area contributed by atoms with Gasteiger partial charge in [-0.1, -0.05) is 39.7 Å². The summed E-state index contributed by atoms with van der Waals surface area (Å²) in [5.74, 6) is 0.757. The van der Waals surface area contributed by atoms with Gasteiger partial charge < -0.3 is 4.74 Å². The molecule has 0 amide bonds. The lowest BCUT2D eigenvalue weighted by Gasteiger charge is -2.05. The summed E-state index contributed by atoms with van der Waals surface area (Å²) in [5.41, 5.74) is 4.53. The first-order valence-electron chi connectivity index (χ1n) is 5.58. The van der Waals surface area contributed by atoms with E-state index in [1.165, 1.54) is 0 Å². The maximum atomic E-state index is 6.02. The summed E-state index contributed by atoms with van der Waals surface area (Å²) >= 11 is 9.44. The number of hydrogen-bond acceptors (Lipinski definition) is 3. The minimum Gasteiger partial charge on any atom is -0.496 e. The van der Waals surface area contributed by atoms with Crippen LogP contribution in [-0.2, 0) is 0 Å². The number of methoxy groups -OCH3 is 1. The van der Waals surface area contributed by atoms with Crippen molar-refractivity contribution in [1.29, 1.82) is 0 Å². The summed E-state index contributed by atoms with van der Waals surface area (Å²) in [4.78, 5) is 0. The van der Waals surface area contributed by atoms with Crippen molar-refractivity contribution in [2.75, 3.05) is 12.5 Å². The molecule has 3 nitrogen and oxygen atoms in total. The number of hydrazone groups is 1. The lowest BCUT2D eigenvalue weighted by atomic mass is 10.2. The molecular formula is C14H12BrClN2O. The van der Waals surface area contributed by atoms with Gasteiger partial charge in [0.2, 0.25) is 0 Å². The molecule has 2 aromatic rings. The average Bonchev–Trinajstić information content (AvgIpc) is 2.41. The predicted octanol–water partition coefficient (Wildman–Crippen LogP) is 4.56. The van der Waals surface area contributed by atoms with Crippen LogP contribution >= 0.6 is 27.5 Å². The summed E-state index contributed by atoms with van der Waals surface area (Å²) in [7, 11) is 1.63. The van der Waals surface area contributed by atoms with Crippen molar-refractivity contribution < 1.29 is 4.74 Å². The first-order chi connectivity index (χ1) is 9.20. The molecule has 0 fully saturated rings. The molecule has 0 aliphatic rings. The van der Waals surface area contributed by atoms with Gasteiger partial charge in [0.25, 0.3) is 0 Å². The molecule has 0 aliphatic carbocycles. The van der Waals surface area contributed by atoms with E-state index in [0.29, 0.717) is 5.02 Å². The SMILES string of the molecule is COc1ccc(Br)cc1/C=N\Nc1ccccc1Cl. The average molecular weight is 340 g/mol. The van der Waals surface area contributed by atoms with Crippen molar-refractivity contribution in [3.63, 3.8) is 0 Å². The molecule has 98 valence electrons. The Morgan fingerprint density at radius 2 is 2.05 bits per heavy atom. The number of nitrogens with zero attached hydrogens (tertiary/aromatic N) is 1. The molecule has 0 saturated heterocycles. The van der Waals surface area contributed by atoms with E-state index in [-0.39, 0.29) is 0 Å². The fourth-order valence-electron chi connectivity index (χ4n) is 1.53. The molecule has 2 aromatic carbocycles. The summed E-state index contributed by atoms with van der Waals surface area (Å²) in [5, 5.41) is 4.79. The van der Waals surface area contributed by atoms with Crippen LogP contribution in [0, 0.1) is 0 Å². The summed E-state index contributed by atoms with van der Waals surface area (Å²) in [6.45, 7) is 0. The van der Waals surface area contributed by atoms with E-state index in [1.54, 1.807) is 19.4 Å². The highest BCUT2D eigenvalue weighted by Gasteiger charge is 2.01. The minimum absolute atomic E-state index is 0.626. The quantitative estimate of drug-likeness (QED) is 0.654. The minimum atomic E-state index is 0.626. The number of anilines is 1. The van der Waals surface area contributed by atoms with E-state index < -0.39 is 0 Å². The third-order valence-corrected chi connectivity index (χ3v) is 3.28. The van der Waals surface area contributed by atoms with E-state index in [1.807, 2.05) is 36.4 Å². The fraction of sp³-hybridized carbons (Fsp3) is 0.0714. The number of rotatable bonds is 4. The van der Waals surface area contributed by atoms with Crippen molar-refractivity contribution in [2.24, 2.45) is 5.10 Å². The first-order valence-corrected chi connectivity index (χ1v) is 6.75. The second-order valence-electron chi connectivity index (χ2n) is 3.74. The van der Waals surface area contributed by atoms with Crippen molar-refractivity contribution in [1.82, 2.24) is 0 Å². The van der Waals surface area contributed by atoms with Crippen molar-refractivity contribution in [2.45, 2.75) is 0 Å². The third-order valence-electron chi connectivity index (χ3n) is 2.45. The van der Waals surface area contributed by atoms with Crippen LogP contribution in [0.5, 0.6) is 5.75 Å². The molecular weight excluding hydrogens is 328 g/mol. The summed E-state index contributed by atoms with van der Waals surface area (Å²) in [6, 6.07) is 13.1. The van der Waals surface area contributed by atoms with Gasteiger partial charge in [-0.15, -0.1) is 0 Å².